The summed E-state index contributed by atoms with van der Waals surface area (Å²) in [6, 6.07) is 16.0. The monoisotopic (exact) mass is 497 g/mol. The van der Waals surface area contributed by atoms with E-state index in [1.807, 2.05) is 30.3 Å². The Labute approximate surface area is 206 Å². The summed E-state index contributed by atoms with van der Waals surface area (Å²) in [6.45, 7) is 1.97. The second-order valence-corrected chi connectivity index (χ2v) is 8.76. The molecule has 0 aliphatic carbocycles. The van der Waals surface area contributed by atoms with Crippen molar-refractivity contribution >= 4 is 11.6 Å². The fourth-order valence-electron chi connectivity index (χ4n) is 4.16. The molecule has 0 bridgehead atoms. The fourth-order valence-corrected chi connectivity index (χ4v) is 4.16. The summed E-state index contributed by atoms with van der Waals surface area (Å²) in [6.07, 6.45) is 0.0579. The lowest BCUT2D eigenvalue weighted by molar-refractivity contribution is -0.150. The molecule has 2 aromatic carbocycles. The molecule has 2 heterocycles. The third kappa shape index (κ3) is 5.26. The predicted molar refractivity (Wildman–Crippen MR) is 128 cm³/mol. The normalized spacial score (nSPS) is 13.5. The smallest absolute Gasteiger partial charge is 0.416 e. The van der Waals surface area contributed by atoms with Crippen LogP contribution < -0.4 is 0 Å². The first kappa shape index (κ1) is 25.4. The lowest BCUT2D eigenvalue weighted by Gasteiger charge is -2.28. The van der Waals surface area contributed by atoms with Crippen LogP contribution in [0.4, 0.5) is 13.2 Å². The van der Waals surface area contributed by atoms with Gasteiger partial charge in [0.15, 0.2) is 5.65 Å². The number of aliphatic hydroxyl groups is 1. The zero-order valence-corrected chi connectivity index (χ0v) is 19.7. The average molecular weight is 498 g/mol. The van der Waals surface area contributed by atoms with Gasteiger partial charge in [0.25, 0.3) is 0 Å². The van der Waals surface area contributed by atoms with Gasteiger partial charge in [-0.3, -0.25) is 4.79 Å². The molecule has 2 aromatic heterocycles. The summed E-state index contributed by atoms with van der Waals surface area (Å²) < 4.78 is 46.2. The number of esters is 1. The SMILES string of the molecule is C[C@@](Cc1ccccc1)(C(=O)OCCCCO)c1ccnc2c(-c3ccc(C(F)(F)F)cc3)cnn12. The van der Waals surface area contributed by atoms with Gasteiger partial charge < -0.3 is 9.84 Å². The summed E-state index contributed by atoms with van der Waals surface area (Å²) in [5, 5.41) is 13.5. The number of ether oxygens (including phenoxy) is 1. The number of hydrogen-bond acceptors (Lipinski definition) is 5. The van der Waals surface area contributed by atoms with E-state index in [0.717, 1.165) is 17.7 Å². The molecular weight excluding hydrogens is 471 g/mol. The number of halogens is 3. The van der Waals surface area contributed by atoms with Crippen LogP contribution in [0.2, 0.25) is 0 Å². The van der Waals surface area contributed by atoms with Crippen LogP contribution in [0.1, 0.15) is 36.6 Å². The first-order valence-corrected chi connectivity index (χ1v) is 11.6. The first-order valence-electron chi connectivity index (χ1n) is 11.6. The van der Waals surface area contributed by atoms with Crippen molar-refractivity contribution < 1.29 is 27.8 Å². The topological polar surface area (TPSA) is 76.7 Å². The Morgan fingerprint density at radius 2 is 1.75 bits per heavy atom. The number of carbonyl (C=O) groups is 1. The summed E-state index contributed by atoms with van der Waals surface area (Å²) in [5.74, 6) is -0.441. The highest BCUT2D eigenvalue weighted by Crippen LogP contribution is 2.34. The number of benzene rings is 2. The molecule has 9 heteroatoms. The maximum Gasteiger partial charge on any atom is 0.416 e. The van der Waals surface area contributed by atoms with Crippen LogP contribution in [0.15, 0.2) is 73.1 Å². The zero-order chi connectivity index (χ0) is 25.8. The van der Waals surface area contributed by atoms with E-state index in [0.29, 0.717) is 41.7 Å². The van der Waals surface area contributed by atoms with Crippen molar-refractivity contribution in [1.29, 1.82) is 0 Å². The van der Waals surface area contributed by atoms with Crippen LogP contribution in [0, 0.1) is 0 Å². The molecule has 0 fully saturated rings. The second-order valence-electron chi connectivity index (χ2n) is 8.76. The highest BCUT2D eigenvalue weighted by Gasteiger charge is 2.40. The van der Waals surface area contributed by atoms with Gasteiger partial charge in [0.1, 0.15) is 5.41 Å². The van der Waals surface area contributed by atoms with Crippen LogP contribution >= 0.6 is 0 Å². The van der Waals surface area contributed by atoms with Gasteiger partial charge in [-0.25, -0.2) is 9.50 Å². The number of hydrogen-bond donors (Lipinski definition) is 1. The van der Waals surface area contributed by atoms with Crippen LogP contribution in [0.3, 0.4) is 0 Å². The molecule has 0 aliphatic heterocycles. The number of alkyl halides is 3. The molecule has 36 heavy (non-hydrogen) atoms. The van der Waals surface area contributed by atoms with Crippen molar-refractivity contribution in [2.45, 2.75) is 37.8 Å². The molecule has 6 nitrogen and oxygen atoms in total. The number of rotatable bonds is 9. The van der Waals surface area contributed by atoms with E-state index >= 15 is 0 Å². The second kappa shape index (κ2) is 10.5. The molecule has 0 saturated carbocycles. The van der Waals surface area contributed by atoms with Gasteiger partial charge in [0.05, 0.1) is 24.1 Å². The largest absolute Gasteiger partial charge is 0.465 e. The minimum absolute atomic E-state index is 0.0177. The Hall–Kier alpha value is -3.72. The van der Waals surface area contributed by atoms with Gasteiger partial charge in [-0.05, 0) is 55.5 Å². The summed E-state index contributed by atoms with van der Waals surface area (Å²) in [5.41, 5.74) is 1.08. The van der Waals surface area contributed by atoms with E-state index in [1.54, 1.807) is 23.7 Å². The fraction of sp³-hybridized carbons (Fsp3) is 0.296. The molecule has 0 aliphatic rings. The van der Waals surface area contributed by atoms with E-state index in [2.05, 4.69) is 10.1 Å². The Morgan fingerprint density at radius 3 is 2.42 bits per heavy atom. The highest BCUT2D eigenvalue weighted by atomic mass is 19.4. The van der Waals surface area contributed by atoms with Crippen LogP contribution in [-0.4, -0.2) is 38.9 Å². The average Bonchev–Trinajstić information content (AvgIpc) is 3.31. The lowest BCUT2D eigenvalue weighted by atomic mass is 9.80. The van der Waals surface area contributed by atoms with Crippen LogP contribution in [0.25, 0.3) is 16.8 Å². The zero-order valence-electron chi connectivity index (χ0n) is 19.7. The molecule has 188 valence electrons. The summed E-state index contributed by atoms with van der Waals surface area (Å²) >= 11 is 0. The number of fused-ring (bicyclic) bond motifs is 1. The third-order valence-corrected chi connectivity index (χ3v) is 6.13. The van der Waals surface area contributed by atoms with Crippen molar-refractivity contribution in [2.24, 2.45) is 0 Å². The molecule has 1 N–H and O–H groups in total. The quantitative estimate of drug-likeness (QED) is 0.253. The molecule has 4 rings (SSSR count). The standard InChI is InChI=1S/C27H26F3N3O3/c1-26(17-19-7-3-2-4-8-19,25(35)36-16-6-5-15-34)23-13-14-31-24-22(18-32-33(23)24)20-9-11-21(12-10-20)27(28,29)30/h2-4,7-14,18,34H,5-6,15-17H2,1H3/t26-/m0/s1. The molecule has 0 radical (unpaired) electrons. The molecular formula is C27H26F3N3O3. The number of aliphatic hydroxyl groups excluding tert-OH is 1. The van der Waals surface area contributed by atoms with E-state index < -0.39 is 23.1 Å². The minimum atomic E-state index is -4.43. The number of carbonyl (C=O) groups excluding carboxylic acids is 1. The van der Waals surface area contributed by atoms with Gasteiger partial charge in [-0.2, -0.15) is 18.3 Å². The molecule has 0 saturated heterocycles. The van der Waals surface area contributed by atoms with Crippen molar-refractivity contribution in [3.63, 3.8) is 0 Å². The Morgan fingerprint density at radius 1 is 1.03 bits per heavy atom. The Bertz CT molecular complexity index is 1320. The van der Waals surface area contributed by atoms with Crippen molar-refractivity contribution in [1.82, 2.24) is 14.6 Å². The van der Waals surface area contributed by atoms with Gasteiger partial charge in [-0.1, -0.05) is 42.5 Å². The van der Waals surface area contributed by atoms with E-state index in [4.69, 9.17) is 9.84 Å². The molecule has 4 aromatic rings. The van der Waals surface area contributed by atoms with E-state index in [1.165, 1.54) is 18.3 Å². The molecule has 1 atom stereocenters. The minimum Gasteiger partial charge on any atom is -0.465 e. The van der Waals surface area contributed by atoms with Gasteiger partial charge in [0, 0.05) is 18.4 Å². The predicted octanol–water partition coefficient (Wildman–Crippen LogP) is 5.23. The van der Waals surface area contributed by atoms with Crippen LogP contribution in [0.5, 0.6) is 0 Å². The Balaban J connectivity index is 1.75. The highest BCUT2D eigenvalue weighted by molar-refractivity contribution is 5.84. The number of aromatic nitrogens is 3. The van der Waals surface area contributed by atoms with Crippen LogP contribution in [-0.2, 0) is 27.5 Å². The van der Waals surface area contributed by atoms with Gasteiger partial charge in [0.2, 0.25) is 0 Å². The number of unbranched alkanes of at least 4 members (excludes halogenated alkanes) is 1. The third-order valence-electron chi connectivity index (χ3n) is 6.13. The maximum absolute atomic E-state index is 13.4. The number of nitrogens with zero attached hydrogens (tertiary/aromatic N) is 3. The lowest BCUT2D eigenvalue weighted by Crippen LogP contribution is -2.39. The van der Waals surface area contributed by atoms with Gasteiger partial charge >= 0.3 is 12.1 Å². The summed E-state index contributed by atoms with van der Waals surface area (Å²) in [7, 11) is 0. The Kier molecular flexibility index (Phi) is 7.40. The van der Waals surface area contributed by atoms with Gasteiger partial charge in [-0.15, -0.1) is 0 Å². The van der Waals surface area contributed by atoms with E-state index in [-0.39, 0.29) is 13.2 Å². The van der Waals surface area contributed by atoms with Crippen molar-refractivity contribution in [3.8, 4) is 11.1 Å². The van der Waals surface area contributed by atoms with Crippen molar-refractivity contribution in [3.05, 3.63) is 89.9 Å². The first-order chi connectivity index (χ1) is 17.2. The molecule has 0 amide bonds. The van der Waals surface area contributed by atoms with E-state index in [9.17, 15) is 18.0 Å². The molecule has 0 spiro atoms. The summed E-state index contributed by atoms with van der Waals surface area (Å²) in [4.78, 5) is 17.8. The molecule has 0 unspecified atom stereocenters. The maximum atomic E-state index is 13.4. The van der Waals surface area contributed by atoms with Crippen molar-refractivity contribution in [2.75, 3.05) is 13.2 Å².